The molecule has 0 spiro atoms. The van der Waals surface area contributed by atoms with Crippen LogP contribution >= 0.6 is 11.8 Å². The molecule has 0 aromatic carbocycles. The summed E-state index contributed by atoms with van der Waals surface area (Å²) < 4.78 is 23.7. The zero-order valence-corrected chi connectivity index (χ0v) is 14.2. The predicted molar refractivity (Wildman–Crippen MR) is 84.1 cm³/mol. The normalized spacial score (nSPS) is 24.4. The molecule has 0 aliphatic carbocycles. The van der Waals surface area contributed by atoms with Crippen molar-refractivity contribution in [3.8, 4) is 0 Å². The summed E-state index contributed by atoms with van der Waals surface area (Å²) in [5.41, 5.74) is 6.10. The number of hydrogen-bond acceptors (Lipinski definition) is 5. The van der Waals surface area contributed by atoms with Gasteiger partial charge >= 0.3 is 0 Å². The van der Waals surface area contributed by atoms with Gasteiger partial charge in [0.05, 0.1) is 0 Å². The van der Waals surface area contributed by atoms with Crippen LogP contribution in [-0.4, -0.2) is 56.1 Å². The molecule has 2 unspecified atom stereocenters. The number of nitrogens with two attached hydrogens (primary N) is 1. The maximum absolute atomic E-state index is 11.9. The van der Waals surface area contributed by atoms with Crippen molar-refractivity contribution < 1.29 is 8.42 Å². The average molecular weight is 309 g/mol. The number of hydrogen-bond donors (Lipinski definition) is 1. The molecule has 1 aliphatic heterocycles. The van der Waals surface area contributed by atoms with E-state index in [4.69, 9.17) is 5.73 Å². The summed E-state index contributed by atoms with van der Waals surface area (Å²) in [6, 6.07) is 0. The molecule has 6 heteroatoms. The highest BCUT2D eigenvalue weighted by atomic mass is 32.2. The van der Waals surface area contributed by atoms with E-state index in [-0.39, 0.29) is 10.8 Å². The smallest absolute Gasteiger partial charge is 0.164 e. The Morgan fingerprint density at radius 2 is 2.05 bits per heavy atom. The SMILES string of the molecule is CC(C)(C)CC(CN)CN1CCSCC1S(C)(=O)=O. The molecule has 19 heavy (non-hydrogen) atoms. The fraction of sp³-hybridized carbons (Fsp3) is 1.00. The van der Waals surface area contributed by atoms with Crippen LogP contribution in [0.25, 0.3) is 0 Å². The molecular weight excluding hydrogens is 280 g/mol. The van der Waals surface area contributed by atoms with Gasteiger partial charge < -0.3 is 5.73 Å². The maximum Gasteiger partial charge on any atom is 0.164 e. The Kier molecular flexibility index (Phi) is 6.17. The second kappa shape index (κ2) is 6.78. The van der Waals surface area contributed by atoms with Crippen molar-refractivity contribution in [3.63, 3.8) is 0 Å². The lowest BCUT2D eigenvalue weighted by molar-refractivity contribution is 0.191. The van der Waals surface area contributed by atoms with Crippen molar-refractivity contribution >= 4 is 21.6 Å². The molecule has 1 aliphatic rings. The van der Waals surface area contributed by atoms with Crippen LogP contribution in [-0.2, 0) is 9.84 Å². The van der Waals surface area contributed by atoms with Gasteiger partial charge in [0.1, 0.15) is 5.37 Å². The van der Waals surface area contributed by atoms with Gasteiger partial charge in [-0.2, -0.15) is 11.8 Å². The Morgan fingerprint density at radius 3 is 2.53 bits per heavy atom. The molecule has 2 N–H and O–H groups in total. The summed E-state index contributed by atoms with van der Waals surface area (Å²) in [7, 11) is -3.01. The second-order valence-corrected chi connectivity index (χ2v) is 10.1. The van der Waals surface area contributed by atoms with Crippen LogP contribution in [0.2, 0.25) is 0 Å². The number of nitrogens with zero attached hydrogens (tertiary/aromatic N) is 1. The standard InChI is InChI=1S/C13H28N2O2S2/c1-13(2,3)7-11(8-14)9-15-5-6-18-10-12(15)19(4,16)17/h11-12H,5-10,14H2,1-4H3. The number of rotatable bonds is 5. The van der Waals surface area contributed by atoms with Gasteiger partial charge in [0.15, 0.2) is 9.84 Å². The summed E-state index contributed by atoms with van der Waals surface area (Å²) in [6.07, 6.45) is 2.38. The highest BCUT2D eigenvalue weighted by molar-refractivity contribution is 8.00. The van der Waals surface area contributed by atoms with Crippen molar-refractivity contribution in [2.24, 2.45) is 17.1 Å². The first kappa shape index (κ1) is 17.3. The van der Waals surface area contributed by atoms with Gasteiger partial charge in [-0.1, -0.05) is 20.8 Å². The van der Waals surface area contributed by atoms with Gasteiger partial charge in [0, 0.05) is 30.9 Å². The lowest BCUT2D eigenvalue weighted by Gasteiger charge is -2.37. The van der Waals surface area contributed by atoms with Crippen molar-refractivity contribution in [2.45, 2.75) is 32.6 Å². The zero-order chi connectivity index (χ0) is 14.7. The summed E-state index contributed by atoms with van der Waals surface area (Å²) in [5, 5.41) is -0.333. The van der Waals surface area contributed by atoms with Gasteiger partial charge in [-0.15, -0.1) is 0 Å². The Balaban J connectivity index is 2.70. The van der Waals surface area contributed by atoms with Crippen molar-refractivity contribution in [1.82, 2.24) is 4.90 Å². The Morgan fingerprint density at radius 1 is 1.42 bits per heavy atom. The quantitative estimate of drug-likeness (QED) is 0.832. The minimum absolute atomic E-state index is 0.231. The van der Waals surface area contributed by atoms with Gasteiger partial charge in [-0.05, 0) is 24.3 Å². The van der Waals surface area contributed by atoms with Crippen LogP contribution in [0.5, 0.6) is 0 Å². The van der Waals surface area contributed by atoms with Crippen LogP contribution in [0.4, 0.5) is 0 Å². The first-order chi connectivity index (χ1) is 8.63. The van der Waals surface area contributed by atoms with Crippen molar-refractivity contribution in [2.75, 3.05) is 37.4 Å². The van der Waals surface area contributed by atoms with E-state index in [9.17, 15) is 8.42 Å². The summed E-state index contributed by atoms with van der Waals surface area (Å²) in [5.74, 6) is 2.07. The van der Waals surface area contributed by atoms with Gasteiger partial charge in [0.25, 0.3) is 0 Å². The molecule has 1 fully saturated rings. The molecule has 2 atom stereocenters. The molecule has 0 radical (unpaired) electrons. The van der Waals surface area contributed by atoms with E-state index in [1.54, 1.807) is 11.8 Å². The lowest BCUT2D eigenvalue weighted by atomic mass is 9.84. The van der Waals surface area contributed by atoms with E-state index in [0.29, 0.717) is 18.2 Å². The number of thioether (sulfide) groups is 1. The highest BCUT2D eigenvalue weighted by Gasteiger charge is 2.32. The average Bonchev–Trinajstić information content (AvgIpc) is 2.25. The fourth-order valence-electron chi connectivity index (χ4n) is 2.64. The third-order valence-electron chi connectivity index (χ3n) is 3.41. The molecule has 0 saturated carbocycles. The lowest BCUT2D eigenvalue weighted by Crippen LogP contribution is -2.49. The molecule has 0 aromatic heterocycles. The second-order valence-electron chi connectivity index (χ2n) is 6.72. The molecule has 114 valence electrons. The molecular formula is C13H28N2O2S2. The van der Waals surface area contributed by atoms with E-state index >= 15 is 0 Å². The van der Waals surface area contributed by atoms with Gasteiger partial charge in [-0.25, -0.2) is 8.42 Å². The van der Waals surface area contributed by atoms with Gasteiger partial charge in [-0.3, -0.25) is 4.90 Å². The van der Waals surface area contributed by atoms with E-state index in [2.05, 4.69) is 25.7 Å². The Hall–Kier alpha value is 0.220. The van der Waals surface area contributed by atoms with Crippen LogP contribution < -0.4 is 5.73 Å². The van der Waals surface area contributed by atoms with Crippen molar-refractivity contribution in [1.29, 1.82) is 0 Å². The molecule has 4 nitrogen and oxygen atoms in total. The van der Waals surface area contributed by atoms with Crippen LogP contribution in [0, 0.1) is 11.3 Å². The summed E-state index contributed by atoms with van der Waals surface area (Å²) >= 11 is 1.73. The van der Waals surface area contributed by atoms with Crippen LogP contribution in [0.15, 0.2) is 0 Å². The molecule has 0 bridgehead atoms. The van der Waals surface area contributed by atoms with Crippen molar-refractivity contribution in [3.05, 3.63) is 0 Å². The molecule has 0 aromatic rings. The van der Waals surface area contributed by atoms with E-state index in [0.717, 1.165) is 25.3 Å². The minimum Gasteiger partial charge on any atom is -0.330 e. The molecule has 0 amide bonds. The van der Waals surface area contributed by atoms with Crippen LogP contribution in [0.3, 0.4) is 0 Å². The zero-order valence-electron chi connectivity index (χ0n) is 12.6. The predicted octanol–water partition coefficient (Wildman–Crippen LogP) is 1.42. The topological polar surface area (TPSA) is 63.4 Å². The Bertz CT molecular complexity index is 377. The molecule has 1 heterocycles. The minimum atomic E-state index is -3.01. The first-order valence-corrected chi connectivity index (χ1v) is 9.95. The maximum atomic E-state index is 11.9. The third kappa shape index (κ3) is 6.02. The Labute approximate surface area is 122 Å². The highest BCUT2D eigenvalue weighted by Crippen LogP contribution is 2.27. The first-order valence-electron chi connectivity index (χ1n) is 6.84. The van der Waals surface area contributed by atoms with E-state index in [1.807, 2.05) is 0 Å². The largest absolute Gasteiger partial charge is 0.330 e. The summed E-state index contributed by atoms with van der Waals surface area (Å²) in [6.45, 7) is 8.88. The summed E-state index contributed by atoms with van der Waals surface area (Å²) in [4.78, 5) is 2.12. The van der Waals surface area contributed by atoms with E-state index < -0.39 is 9.84 Å². The molecule has 1 saturated heterocycles. The number of sulfone groups is 1. The fourth-order valence-corrected chi connectivity index (χ4v) is 5.59. The van der Waals surface area contributed by atoms with Crippen LogP contribution in [0.1, 0.15) is 27.2 Å². The molecule has 1 rings (SSSR count). The monoisotopic (exact) mass is 308 g/mol. The van der Waals surface area contributed by atoms with Gasteiger partial charge in [0.2, 0.25) is 0 Å². The third-order valence-corrected chi connectivity index (χ3v) is 6.10. The van der Waals surface area contributed by atoms with E-state index in [1.165, 1.54) is 6.26 Å².